The summed E-state index contributed by atoms with van der Waals surface area (Å²) >= 11 is 1.75. The third-order valence-electron chi connectivity index (χ3n) is 3.51. The number of hydrogen-bond donors (Lipinski definition) is 0. The largest absolute Gasteiger partial charge is 0.488 e. The molecule has 0 atom stereocenters. The van der Waals surface area contributed by atoms with Crippen molar-refractivity contribution < 1.29 is 4.74 Å². The summed E-state index contributed by atoms with van der Waals surface area (Å²) in [6.07, 6.45) is 2.09. The molecule has 3 rings (SSSR count). The average molecular weight is 306 g/mol. The fourth-order valence-corrected chi connectivity index (χ4v) is 2.78. The van der Waals surface area contributed by atoms with Gasteiger partial charge in [0.1, 0.15) is 12.4 Å². The standard InChI is InChI=1S/C20H18OS/c1-22-18-12-13-20(21-15-16-8-4-2-5-9-16)19(14-18)17-10-6-3-7-11-17/h2-14H,15H2,1H3. The topological polar surface area (TPSA) is 9.23 Å². The maximum absolute atomic E-state index is 6.07. The molecule has 0 bridgehead atoms. The zero-order chi connectivity index (χ0) is 15.2. The molecule has 0 saturated heterocycles. The lowest BCUT2D eigenvalue weighted by atomic mass is 10.0. The summed E-state index contributed by atoms with van der Waals surface area (Å²) in [4.78, 5) is 1.24. The van der Waals surface area contributed by atoms with E-state index in [0.29, 0.717) is 6.61 Å². The SMILES string of the molecule is CSc1ccc(OCc2ccccc2)c(-c2ccccc2)c1. The second-order valence-corrected chi connectivity index (χ2v) is 5.88. The monoisotopic (exact) mass is 306 g/mol. The van der Waals surface area contributed by atoms with Crippen LogP contribution in [0.4, 0.5) is 0 Å². The Kier molecular flexibility index (Phi) is 4.81. The maximum atomic E-state index is 6.07. The van der Waals surface area contributed by atoms with E-state index in [1.807, 2.05) is 24.3 Å². The normalized spacial score (nSPS) is 10.4. The van der Waals surface area contributed by atoms with Crippen molar-refractivity contribution in [2.24, 2.45) is 0 Å². The molecule has 0 fully saturated rings. The predicted octanol–water partition coefficient (Wildman–Crippen LogP) is 5.65. The minimum atomic E-state index is 0.583. The van der Waals surface area contributed by atoms with Crippen LogP contribution in [0, 0.1) is 0 Å². The lowest BCUT2D eigenvalue weighted by Gasteiger charge is -2.13. The van der Waals surface area contributed by atoms with Gasteiger partial charge in [0, 0.05) is 10.5 Å². The van der Waals surface area contributed by atoms with Crippen molar-refractivity contribution >= 4 is 11.8 Å². The molecule has 0 heterocycles. The lowest BCUT2D eigenvalue weighted by molar-refractivity contribution is 0.307. The van der Waals surface area contributed by atoms with Gasteiger partial charge in [-0.15, -0.1) is 11.8 Å². The molecule has 0 spiro atoms. The molecule has 0 N–H and O–H groups in total. The van der Waals surface area contributed by atoms with Crippen LogP contribution in [0.25, 0.3) is 11.1 Å². The first-order valence-corrected chi connectivity index (χ1v) is 8.49. The third-order valence-corrected chi connectivity index (χ3v) is 4.23. The Morgan fingerprint density at radius 3 is 2.18 bits per heavy atom. The van der Waals surface area contributed by atoms with E-state index in [-0.39, 0.29) is 0 Å². The molecule has 0 saturated carbocycles. The van der Waals surface area contributed by atoms with Crippen molar-refractivity contribution in [2.45, 2.75) is 11.5 Å². The van der Waals surface area contributed by atoms with Gasteiger partial charge in [0.15, 0.2) is 0 Å². The first-order chi connectivity index (χ1) is 10.9. The molecule has 2 heteroatoms. The Morgan fingerprint density at radius 1 is 0.818 bits per heavy atom. The van der Waals surface area contributed by atoms with Gasteiger partial charge < -0.3 is 4.74 Å². The fraction of sp³-hybridized carbons (Fsp3) is 0.100. The van der Waals surface area contributed by atoms with Gasteiger partial charge >= 0.3 is 0 Å². The first kappa shape index (κ1) is 14.7. The molecule has 0 amide bonds. The van der Waals surface area contributed by atoms with E-state index in [2.05, 4.69) is 60.9 Å². The van der Waals surface area contributed by atoms with Crippen molar-refractivity contribution in [1.82, 2.24) is 0 Å². The number of benzene rings is 3. The summed E-state index contributed by atoms with van der Waals surface area (Å²) < 4.78 is 6.07. The molecule has 0 aliphatic carbocycles. The third kappa shape index (κ3) is 3.52. The van der Waals surface area contributed by atoms with Crippen LogP contribution in [0.3, 0.4) is 0 Å². The summed E-state index contributed by atoms with van der Waals surface area (Å²) in [5.41, 5.74) is 3.50. The smallest absolute Gasteiger partial charge is 0.127 e. The quantitative estimate of drug-likeness (QED) is 0.563. The lowest BCUT2D eigenvalue weighted by Crippen LogP contribution is -1.97. The highest BCUT2D eigenvalue weighted by Gasteiger charge is 2.08. The van der Waals surface area contributed by atoms with Crippen LogP contribution in [-0.2, 0) is 6.61 Å². The van der Waals surface area contributed by atoms with E-state index < -0.39 is 0 Å². The Bertz CT molecular complexity index is 723. The number of hydrogen-bond acceptors (Lipinski definition) is 2. The maximum Gasteiger partial charge on any atom is 0.127 e. The van der Waals surface area contributed by atoms with Crippen molar-refractivity contribution in [3.05, 3.63) is 84.4 Å². The Morgan fingerprint density at radius 2 is 1.50 bits per heavy atom. The second kappa shape index (κ2) is 7.19. The zero-order valence-electron chi connectivity index (χ0n) is 12.5. The van der Waals surface area contributed by atoms with Crippen LogP contribution in [0.2, 0.25) is 0 Å². The molecule has 0 aliphatic heterocycles. The number of rotatable bonds is 5. The molecule has 0 aliphatic rings. The molecular weight excluding hydrogens is 288 g/mol. The summed E-state index contributed by atoms with van der Waals surface area (Å²) in [5, 5.41) is 0. The van der Waals surface area contributed by atoms with Crippen molar-refractivity contribution in [3.63, 3.8) is 0 Å². The molecule has 0 aromatic heterocycles. The molecule has 3 aromatic carbocycles. The van der Waals surface area contributed by atoms with Gasteiger partial charge in [-0.05, 0) is 35.6 Å². The van der Waals surface area contributed by atoms with Crippen LogP contribution < -0.4 is 4.74 Å². The van der Waals surface area contributed by atoms with Crippen molar-refractivity contribution in [1.29, 1.82) is 0 Å². The molecule has 0 radical (unpaired) electrons. The molecule has 3 aromatic rings. The van der Waals surface area contributed by atoms with Gasteiger partial charge in [-0.25, -0.2) is 0 Å². The van der Waals surface area contributed by atoms with E-state index in [0.717, 1.165) is 11.3 Å². The number of ether oxygens (including phenoxy) is 1. The molecular formula is C20H18OS. The van der Waals surface area contributed by atoms with Crippen molar-refractivity contribution in [2.75, 3.05) is 6.26 Å². The Labute approximate surface area is 136 Å². The molecule has 22 heavy (non-hydrogen) atoms. The Balaban J connectivity index is 1.90. The van der Waals surface area contributed by atoms with E-state index >= 15 is 0 Å². The average Bonchev–Trinajstić information content (AvgIpc) is 2.61. The second-order valence-electron chi connectivity index (χ2n) is 5.00. The van der Waals surface area contributed by atoms with Crippen LogP contribution in [0.1, 0.15) is 5.56 Å². The zero-order valence-corrected chi connectivity index (χ0v) is 13.3. The fourth-order valence-electron chi connectivity index (χ4n) is 2.34. The van der Waals surface area contributed by atoms with Crippen LogP contribution in [0.15, 0.2) is 83.8 Å². The predicted molar refractivity (Wildman–Crippen MR) is 94.4 cm³/mol. The highest BCUT2D eigenvalue weighted by molar-refractivity contribution is 7.98. The molecule has 1 nitrogen and oxygen atoms in total. The minimum Gasteiger partial charge on any atom is -0.488 e. The van der Waals surface area contributed by atoms with E-state index in [1.165, 1.54) is 16.0 Å². The molecule has 110 valence electrons. The highest BCUT2D eigenvalue weighted by atomic mass is 32.2. The van der Waals surface area contributed by atoms with Crippen LogP contribution >= 0.6 is 11.8 Å². The first-order valence-electron chi connectivity index (χ1n) is 7.27. The van der Waals surface area contributed by atoms with Gasteiger partial charge in [0.25, 0.3) is 0 Å². The summed E-state index contributed by atoms with van der Waals surface area (Å²) in [5.74, 6) is 0.924. The van der Waals surface area contributed by atoms with E-state index in [1.54, 1.807) is 11.8 Å². The van der Waals surface area contributed by atoms with Gasteiger partial charge in [0.05, 0.1) is 0 Å². The summed E-state index contributed by atoms with van der Waals surface area (Å²) in [6.45, 7) is 0.583. The number of thioether (sulfide) groups is 1. The van der Waals surface area contributed by atoms with Gasteiger partial charge in [-0.2, -0.15) is 0 Å². The highest BCUT2D eigenvalue weighted by Crippen LogP contribution is 2.33. The van der Waals surface area contributed by atoms with Gasteiger partial charge in [-0.3, -0.25) is 0 Å². The van der Waals surface area contributed by atoms with Gasteiger partial charge in [-0.1, -0.05) is 60.7 Å². The van der Waals surface area contributed by atoms with E-state index in [9.17, 15) is 0 Å². The summed E-state index contributed by atoms with van der Waals surface area (Å²) in [7, 11) is 0. The van der Waals surface area contributed by atoms with E-state index in [4.69, 9.17) is 4.74 Å². The Hall–Kier alpha value is -2.19. The van der Waals surface area contributed by atoms with Gasteiger partial charge in [0.2, 0.25) is 0 Å². The molecule has 0 unspecified atom stereocenters. The minimum absolute atomic E-state index is 0.583. The summed E-state index contributed by atoms with van der Waals surface area (Å²) in [6, 6.07) is 27.0. The van der Waals surface area contributed by atoms with Crippen LogP contribution in [0.5, 0.6) is 5.75 Å². The van der Waals surface area contributed by atoms with Crippen molar-refractivity contribution in [3.8, 4) is 16.9 Å². The van der Waals surface area contributed by atoms with Crippen LogP contribution in [-0.4, -0.2) is 6.26 Å².